The van der Waals surface area contributed by atoms with E-state index in [1.54, 1.807) is 42.5 Å². The number of benzene rings is 2. The van der Waals surface area contributed by atoms with Crippen molar-refractivity contribution >= 4 is 34.9 Å². The molecule has 6 nitrogen and oxygen atoms in total. The third-order valence-electron chi connectivity index (χ3n) is 4.72. The number of hydrogen-bond donors (Lipinski definition) is 3. The maximum atomic E-state index is 13.0. The summed E-state index contributed by atoms with van der Waals surface area (Å²) >= 11 is 12.0. The van der Waals surface area contributed by atoms with E-state index < -0.39 is 18.2 Å². The molecule has 32 heavy (non-hydrogen) atoms. The molecule has 2 aromatic carbocycles. The van der Waals surface area contributed by atoms with Crippen molar-refractivity contribution in [2.45, 2.75) is 25.4 Å². The average molecular weight is 486 g/mol. The summed E-state index contributed by atoms with van der Waals surface area (Å²) in [5.74, 6) is -0.458. The van der Waals surface area contributed by atoms with Gasteiger partial charge in [0.15, 0.2) is 12.1 Å². The molecule has 0 fully saturated rings. The van der Waals surface area contributed by atoms with Gasteiger partial charge in [0.1, 0.15) is 5.69 Å². The monoisotopic (exact) mass is 485 g/mol. The van der Waals surface area contributed by atoms with Crippen molar-refractivity contribution in [3.63, 3.8) is 0 Å². The highest BCUT2D eigenvalue weighted by Crippen LogP contribution is 2.29. The Bertz CT molecular complexity index is 1070. The SMILES string of the molecule is CC(NC(Nc1cc(C(F)(F)F)[nH]n1)N(C)C(=O)c1ccc(Cl)cc1)c1cccc(Cl)c1. The van der Waals surface area contributed by atoms with E-state index in [1.807, 2.05) is 18.1 Å². The zero-order valence-electron chi connectivity index (χ0n) is 17.0. The van der Waals surface area contributed by atoms with E-state index >= 15 is 0 Å². The van der Waals surface area contributed by atoms with Crippen LogP contribution < -0.4 is 10.6 Å². The Balaban J connectivity index is 1.86. The molecule has 0 aliphatic carbocycles. The van der Waals surface area contributed by atoms with Crippen LogP contribution in [0.2, 0.25) is 10.0 Å². The second kappa shape index (κ2) is 9.81. The van der Waals surface area contributed by atoms with Gasteiger partial charge in [-0.25, -0.2) is 0 Å². The van der Waals surface area contributed by atoms with Crippen LogP contribution in [-0.2, 0) is 6.18 Å². The van der Waals surface area contributed by atoms with Crippen molar-refractivity contribution in [1.29, 1.82) is 0 Å². The van der Waals surface area contributed by atoms with Gasteiger partial charge in [0.25, 0.3) is 5.91 Å². The molecular formula is C21H20Cl2F3N5O. The lowest BCUT2D eigenvalue weighted by Crippen LogP contribution is -2.52. The van der Waals surface area contributed by atoms with Crippen LogP contribution in [0, 0.1) is 0 Å². The van der Waals surface area contributed by atoms with Crippen LogP contribution in [-0.4, -0.2) is 34.3 Å². The molecule has 1 heterocycles. The molecule has 3 rings (SSSR count). The van der Waals surface area contributed by atoms with Gasteiger partial charge in [0.05, 0.1) is 0 Å². The lowest BCUT2D eigenvalue weighted by molar-refractivity contribution is -0.141. The molecule has 1 aromatic heterocycles. The van der Waals surface area contributed by atoms with Gasteiger partial charge in [-0.05, 0) is 48.9 Å². The third-order valence-corrected chi connectivity index (χ3v) is 5.21. The first-order valence-electron chi connectivity index (χ1n) is 9.48. The molecule has 0 spiro atoms. The predicted octanol–water partition coefficient (Wildman–Crippen LogP) is 5.55. The maximum absolute atomic E-state index is 13.0. The van der Waals surface area contributed by atoms with Gasteiger partial charge in [-0.3, -0.25) is 15.2 Å². The van der Waals surface area contributed by atoms with E-state index in [0.29, 0.717) is 15.6 Å². The number of halogens is 5. The molecule has 2 atom stereocenters. The van der Waals surface area contributed by atoms with E-state index in [1.165, 1.54) is 11.9 Å². The first-order chi connectivity index (χ1) is 15.0. The van der Waals surface area contributed by atoms with Crippen LogP contribution in [0.1, 0.15) is 34.6 Å². The molecule has 2 unspecified atom stereocenters. The molecule has 170 valence electrons. The summed E-state index contributed by atoms with van der Waals surface area (Å²) in [5, 5.41) is 12.7. The molecule has 0 saturated carbocycles. The smallest absolute Gasteiger partial charge is 0.336 e. The fourth-order valence-corrected chi connectivity index (χ4v) is 3.28. The average Bonchev–Trinajstić information content (AvgIpc) is 3.22. The molecular weight excluding hydrogens is 466 g/mol. The normalized spacial score (nSPS) is 13.5. The van der Waals surface area contributed by atoms with E-state index in [-0.39, 0.29) is 17.8 Å². The molecule has 0 aliphatic rings. The fraction of sp³-hybridized carbons (Fsp3) is 0.238. The van der Waals surface area contributed by atoms with E-state index in [2.05, 4.69) is 15.7 Å². The first kappa shape index (κ1) is 23.9. The van der Waals surface area contributed by atoms with Crippen molar-refractivity contribution in [1.82, 2.24) is 20.4 Å². The number of amides is 1. The minimum Gasteiger partial charge on any atom is -0.336 e. The molecule has 0 bridgehead atoms. The minimum atomic E-state index is -4.57. The number of nitrogens with one attached hydrogen (secondary N) is 3. The third kappa shape index (κ3) is 5.93. The Labute approximate surface area is 192 Å². The summed E-state index contributed by atoms with van der Waals surface area (Å²) < 4.78 is 38.8. The molecule has 3 N–H and O–H groups in total. The second-order valence-electron chi connectivity index (χ2n) is 7.08. The lowest BCUT2D eigenvalue weighted by atomic mass is 10.1. The maximum Gasteiger partial charge on any atom is 0.432 e. The van der Waals surface area contributed by atoms with Crippen LogP contribution >= 0.6 is 23.2 Å². The number of anilines is 1. The number of carbonyl (C=O) groups is 1. The largest absolute Gasteiger partial charge is 0.432 e. The van der Waals surface area contributed by atoms with Crippen LogP contribution in [0.15, 0.2) is 54.6 Å². The van der Waals surface area contributed by atoms with Crippen molar-refractivity contribution in [2.75, 3.05) is 12.4 Å². The number of H-pyrrole nitrogens is 1. The van der Waals surface area contributed by atoms with Gasteiger partial charge in [-0.15, -0.1) is 0 Å². The highest BCUT2D eigenvalue weighted by Gasteiger charge is 2.33. The van der Waals surface area contributed by atoms with Crippen molar-refractivity contribution in [3.8, 4) is 0 Å². The molecule has 3 aromatic rings. The Kier molecular flexibility index (Phi) is 7.33. The highest BCUT2D eigenvalue weighted by atomic mass is 35.5. The van der Waals surface area contributed by atoms with Crippen molar-refractivity contribution in [2.24, 2.45) is 0 Å². The van der Waals surface area contributed by atoms with E-state index in [4.69, 9.17) is 23.2 Å². The minimum absolute atomic E-state index is 0.0797. The van der Waals surface area contributed by atoms with Crippen molar-refractivity contribution in [3.05, 3.63) is 81.5 Å². The van der Waals surface area contributed by atoms with Crippen molar-refractivity contribution < 1.29 is 18.0 Å². The highest BCUT2D eigenvalue weighted by molar-refractivity contribution is 6.30. The van der Waals surface area contributed by atoms with Gasteiger partial charge >= 0.3 is 6.18 Å². The zero-order valence-corrected chi connectivity index (χ0v) is 18.6. The molecule has 0 saturated heterocycles. The topological polar surface area (TPSA) is 73.0 Å². The molecule has 0 radical (unpaired) electrons. The van der Waals surface area contributed by atoms with Gasteiger partial charge in [-0.1, -0.05) is 35.3 Å². The quantitative estimate of drug-likeness (QED) is 0.383. The standard InChI is InChI=1S/C21H20Cl2F3N5O/c1-12(14-4-3-5-16(23)10-14)27-20(28-18-11-17(29-30-18)21(24,25)26)31(2)19(32)13-6-8-15(22)9-7-13/h3-12,20,27H,1-2H3,(H2,28,29,30). The van der Waals surface area contributed by atoms with Gasteiger partial charge in [0, 0.05) is 34.8 Å². The van der Waals surface area contributed by atoms with E-state index in [9.17, 15) is 18.0 Å². The van der Waals surface area contributed by atoms with Gasteiger partial charge in [0.2, 0.25) is 0 Å². The number of rotatable bonds is 7. The predicted molar refractivity (Wildman–Crippen MR) is 118 cm³/mol. The molecule has 0 aliphatic heterocycles. The number of carbonyl (C=O) groups excluding carboxylic acids is 1. The van der Waals surface area contributed by atoms with Gasteiger partial charge in [-0.2, -0.15) is 18.3 Å². The number of hydrogen-bond acceptors (Lipinski definition) is 4. The Morgan fingerprint density at radius 2 is 1.78 bits per heavy atom. The Morgan fingerprint density at radius 3 is 2.38 bits per heavy atom. The summed E-state index contributed by atoms with van der Waals surface area (Å²) in [7, 11) is 1.52. The molecule has 1 amide bonds. The second-order valence-corrected chi connectivity index (χ2v) is 7.95. The summed E-state index contributed by atoms with van der Waals surface area (Å²) in [6, 6.07) is 13.9. The Hall–Kier alpha value is -2.75. The van der Waals surface area contributed by atoms with Gasteiger partial charge < -0.3 is 10.2 Å². The molecule has 11 heteroatoms. The lowest BCUT2D eigenvalue weighted by Gasteiger charge is -2.32. The fourth-order valence-electron chi connectivity index (χ4n) is 2.95. The summed E-state index contributed by atoms with van der Waals surface area (Å²) in [4.78, 5) is 14.3. The number of aromatic nitrogens is 2. The van der Waals surface area contributed by atoms with Crippen LogP contribution in [0.25, 0.3) is 0 Å². The number of aromatic amines is 1. The summed E-state index contributed by atoms with van der Waals surface area (Å²) in [5.41, 5.74) is 0.182. The zero-order chi connectivity index (χ0) is 23.5. The first-order valence-corrected chi connectivity index (χ1v) is 10.2. The van der Waals surface area contributed by atoms with Crippen LogP contribution in [0.4, 0.5) is 19.0 Å². The number of alkyl halides is 3. The summed E-state index contributed by atoms with van der Waals surface area (Å²) in [6.07, 6.45) is -5.48. The summed E-state index contributed by atoms with van der Waals surface area (Å²) in [6.45, 7) is 1.84. The van der Waals surface area contributed by atoms with Crippen LogP contribution in [0.3, 0.4) is 0 Å². The van der Waals surface area contributed by atoms with Crippen LogP contribution in [0.5, 0.6) is 0 Å². The van der Waals surface area contributed by atoms with E-state index in [0.717, 1.165) is 11.6 Å². The number of nitrogens with zero attached hydrogens (tertiary/aromatic N) is 2. The Morgan fingerprint density at radius 1 is 1.09 bits per heavy atom.